The Balaban J connectivity index is 1.99. The van der Waals surface area contributed by atoms with Crippen LogP contribution < -0.4 is 11.2 Å². The molecule has 1 aromatic heterocycles. The van der Waals surface area contributed by atoms with E-state index < -0.39 is 6.03 Å². The first kappa shape index (κ1) is 19.7. The smallest absolute Gasteiger partial charge is 0.332 e. The highest BCUT2D eigenvalue weighted by atomic mass is 35.5. The maximum Gasteiger partial charge on any atom is 0.332 e. The van der Waals surface area contributed by atoms with Gasteiger partial charge in [0, 0.05) is 21.7 Å². The number of rotatable bonds is 4. The Morgan fingerprint density at radius 3 is 2.47 bits per heavy atom. The minimum atomic E-state index is -0.696. The van der Waals surface area contributed by atoms with Crippen molar-refractivity contribution in [2.24, 2.45) is 10.8 Å². The van der Waals surface area contributed by atoms with Crippen molar-refractivity contribution in [3.8, 4) is 16.9 Å². The Morgan fingerprint density at radius 1 is 1.03 bits per heavy atom. The molecular weight excluding hydrogens is 396 g/mol. The molecule has 1 heterocycles. The zero-order valence-electron chi connectivity index (χ0n) is 16.7. The summed E-state index contributed by atoms with van der Waals surface area (Å²) in [6.07, 6.45) is 0. The molecule has 3 aromatic carbocycles. The molecule has 0 aliphatic carbocycles. The fraction of sp³-hybridized carbons (Fsp3) is 0.0833. The monoisotopic (exact) mass is 416 g/mol. The summed E-state index contributed by atoms with van der Waals surface area (Å²) in [4.78, 5) is 11.1. The second-order valence-electron chi connectivity index (χ2n) is 7.04. The molecule has 6 heteroatoms. The first-order valence-electron chi connectivity index (χ1n) is 9.52. The summed E-state index contributed by atoms with van der Waals surface area (Å²) in [5, 5.41) is 7.12. The summed E-state index contributed by atoms with van der Waals surface area (Å²) < 4.78 is 2.21. The Labute approximate surface area is 179 Å². The van der Waals surface area contributed by atoms with Gasteiger partial charge in [0.05, 0.1) is 17.1 Å². The van der Waals surface area contributed by atoms with Gasteiger partial charge >= 0.3 is 6.03 Å². The second kappa shape index (κ2) is 8.05. The molecule has 0 radical (unpaired) electrons. The quantitative estimate of drug-likeness (QED) is 0.327. The van der Waals surface area contributed by atoms with Crippen molar-refractivity contribution in [2.45, 2.75) is 13.8 Å². The number of halogens is 1. The van der Waals surface area contributed by atoms with Crippen molar-refractivity contribution in [3.63, 3.8) is 0 Å². The number of hydrogen-bond donors (Lipinski definition) is 2. The van der Waals surface area contributed by atoms with Crippen molar-refractivity contribution in [1.82, 2.24) is 9.99 Å². The third-order valence-electron chi connectivity index (χ3n) is 5.12. The summed E-state index contributed by atoms with van der Waals surface area (Å²) >= 11 is 6.11. The SMILES string of the molecule is C/C(=N\NC(N)=O)c1cc(-c2ccc(Cl)cc2)n(-c2cccc3ccccc23)c1C. The molecule has 0 atom stereocenters. The van der Waals surface area contributed by atoms with Crippen LogP contribution in [0.5, 0.6) is 0 Å². The molecule has 0 unspecified atom stereocenters. The van der Waals surface area contributed by atoms with Crippen molar-refractivity contribution in [1.29, 1.82) is 0 Å². The Bertz CT molecular complexity index is 1270. The number of benzene rings is 3. The van der Waals surface area contributed by atoms with Gasteiger partial charge in [0.25, 0.3) is 0 Å². The van der Waals surface area contributed by atoms with E-state index in [0.717, 1.165) is 39.0 Å². The van der Waals surface area contributed by atoms with E-state index in [1.807, 2.05) is 50.2 Å². The molecule has 5 nitrogen and oxygen atoms in total. The molecule has 0 aliphatic heterocycles. The highest BCUT2D eigenvalue weighted by Crippen LogP contribution is 2.33. The highest BCUT2D eigenvalue weighted by Gasteiger charge is 2.18. The van der Waals surface area contributed by atoms with Crippen molar-refractivity contribution in [3.05, 3.63) is 89.1 Å². The van der Waals surface area contributed by atoms with Crippen molar-refractivity contribution < 1.29 is 4.79 Å². The van der Waals surface area contributed by atoms with Crippen LogP contribution in [0.4, 0.5) is 4.79 Å². The van der Waals surface area contributed by atoms with Gasteiger partial charge in [-0.3, -0.25) is 0 Å². The largest absolute Gasteiger partial charge is 0.350 e. The summed E-state index contributed by atoms with van der Waals surface area (Å²) in [6.45, 7) is 3.89. The number of urea groups is 1. The topological polar surface area (TPSA) is 72.4 Å². The summed E-state index contributed by atoms with van der Waals surface area (Å²) in [6, 6.07) is 23.7. The first-order valence-corrected chi connectivity index (χ1v) is 9.90. The average molecular weight is 417 g/mol. The van der Waals surface area contributed by atoms with Crippen LogP contribution in [0, 0.1) is 6.92 Å². The number of nitrogens with one attached hydrogen (secondary N) is 1. The summed E-state index contributed by atoms with van der Waals surface area (Å²) in [7, 11) is 0. The van der Waals surface area contributed by atoms with E-state index in [4.69, 9.17) is 17.3 Å². The number of aromatic nitrogens is 1. The number of carbonyl (C=O) groups is 1. The van der Waals surface area contributed by atoms with Gasteiger partial charge in [-0.15, -0.1) is 0 Å². The minimum absolute atomic E-state index is 0.667. The van der Waals surface area contributed by atoms with E-state index >= 15 is 0 Å². The molecular formula is C24H21ClN4O. The number of nitrogens with two attached hydrogens (primary N) is 1. The molecule has 4 aromatic rings. The summed E-state index contributed by atoms with van der Waals surface area (Å²) in [5.41, 5.74) is 13.2. The Morgan fingerprint density at radius 2 is 1.73 bits per heavy atom. The first-order chi connectivity index (χ1) is 14.5. The molecule has 3 N–H and O–H groups in total. The molecule has 2 amide bonds. The van der Waals surface area contributed by atoms with Crippen LogP contribution in [0.25, 0.3) is 27.7 Å². The number of hydrogen-bond acceptors (Lipinski definition) is 2. The number of amides is 2. The molecule has 0 bridgehead atoms. The van der Waals surface area contributed by atoms with E-state index in [1.54, 1.807) is 0 Å². The number of fused-ring (bicyclic) bond motifs is 1. The standard InChI is InChI=1S/C24H21ClN4O/c1-15(27-28-24(26)30)21-14-23(18-10-12-19(25)13-11-18)29(16(21)2)22-9-5-7-17-6-3-4-8-20(17)22/h3-14H,1-2H3,(H3,26,28,30)/b27-15+. The van der Waals surface area contributed by atoms with Crippen LogP contribution >= 0.6 is 11.6 Å². The molecule has 0 fully saturated rings. The highest BCUT2D eigenvalue weighted by molar-refractivity contribution is 6.30. The maximum atomic E-state index is 11.1. The van der Waals surface area contributed by atoms with Crippen LogP contribution in [0.15, 0.2) is 77.9 Å². The van der Waals surface area contributed by atoms with Gasteiger partial charge in [0.1, 0.15) is 0 Å². The predicted octanol–water partition coefficient (Wildman–Crippen LogP) is 5.65. The van der Waals surface area contributed by atoms with Gasteiger partial charge in [-0.1, -0.05) is 60.1 Å². The molecule has 150 valence electrons. The zero-order chi connectivity index (χ0) is 21.3. The lowest BCUT2D eigenvalue weighted by atomic mass is 10.1. The lowest BCUT2D eigenvalue weighted by Crippen LogP contribution is -2.25. The summed E-state index contributed by atoms with van der Waals surface area (Å²) in [5.74, 6) is 0. The number of nitrogens with zero attached hydrogens (tertiary/aromatic N) is 2. The van der Waals surface area contributed by atoms with Crippen LogP contribution in [0.1, 0.15) is 18.2 Å². The van der Waals surface area contributed by atoms with Crippen LogP contribution in [-0.2, 0) is 0 Å². The van der Waals surface area contributed by atoms with E-state index in [9.17, 15) is 4.79 Å². The molecule has 4 rings (SSSR count). The molecule has 30 heavy (non-hydrogen) atoms. The Hall–Kier alpha value is -3.57. The third-order valence-corrected chi connectivity index (χ3v) is 5.37. The molecule has 0 aliphatic rings. The van der Waals surface area contributed by atoms with Crippen molar-refractivity contribution >= 4 is 34.1 Å². The second-order valence-corrected chi connectivity index (χ2v) is 7.48. The molecule has 0 saturated carbocycles. The van der Waals surface area contributed by atoms with Crippen LogP contribution in [0.2, 0.25) is 5.02 Å². The van der Waals surface area contributed by atoms with Crippen molar-refractivity contribution in [2.75, 3.05) is 0 Å². The third kappa shape index (κ3) is 3.67. The van der Waals surface area contributed by atoms with E-state index in [-0.39, 0.29) is 0 Å². The average Bonchev–Trinajstić information content (AvgIpc) is 3.09. The van der Waals surface area contributed by atoms with Gasteiger partial charge in [0.2, 0.25) is 0 Å². The normalized spacial score (nSPS) is 11.6. The number of carbonyl (C=O) groups excluding carboxylic acids is 1. The maximum absolute atomic E-state index is 11.1. The number of hydrazone groups is 1. The van der Waals surface area contributed by atoms with E-state index in [2.05, 4.69) is 51.5 Å². The van der Waals surface area contributed by atoms with Gasteiger partial charge in [-0.05, 0) is 49.1 Å². The Kier molecular flexibility index (Phi) is 5.29. The zero-order valence-corrected chi connectivity index (χ0v) is 17.4. The van der Waals surface area contributed by atoms with Gasteiger partial charge in [-0.2, -0.15) is 5.10 Å². The van der Waals surface area contributed by atoms with Crippen LogP contribution in [-0.4, -0.2) is 16.3 Å². The molecule has 0 spiro atoms. The lowest BCUT2D eigenvalue weighted by Gasteiger charge is -2.15. The minimum Gasteiger partial charge on any atom is -0.350 e. The molecule has 0 saturated heterocycles. The van der Waals surface area contributed by atoms with Gasteiger partial charge in [0.15, 0.2) is 0 Å². The van der Waals surface area contributed by atoms with Crippen LogP contribution in [0.3, 0.4) is 0 Å². The fourth-order valence-corrected chi connectivity index (χ4v) is 3.85. The van der Waals surface area contributed by atoms with Gasteiger partial charge < -0.3 is 10.3 Å². The lowest BCUT2D eigenvalue weighted by molar-refractivity contribution is 0.249. The number of primary amides is 1. The van der Waals surface area contributed by atoms with E-state index in [1.165, 1.54) is 0 Å². The van der Waals surface area contributed by atoms with E-state index in [0.29, 0.717) is 10.7 Å². The van der Waals surface area contributed by atoms with Gasteiger partial charge in [-0.25, -0.2) is 10.2 Å². The fourth-order valence-electron chi connectivity index (χ4n) is 3.72. The predicted molar refractivity (Wildman–Crippen MR) is 123 cm³/mol.